The molecule has 0 aromatic carbocycles. The zero-order chi connectivity index (χ0) is 14.1. The summed E-state index contributed by atoms with van der Waals surface area (Å²) in [6.07, 6.45) is 2.90. The maximum Gasteiger partial charge on any atom is 0.228 e. The van der Waals surface area contributed by atoms with Crippen LogP contribution in [-0.2, 0) is 0 Å². The van der Waals surface area contributed by atoms with Crippen LogP contribution in [-0.4, -0.2) is 39.8 Å². The standard InChI is InChI=1S/C12H22ClN5O/c1-3-6-14-11-16-10(13)17-12(18-11)15-7-4-5-9(2)8-19/h9,19H,3-8H2,1-2H3,(H2,14,15,16,17,18). The molecule has 0 radical (unpaired) electrons. The number of hydrogen-bond acceptors (Lipinski definition) is 6. The molecule has 1 unspecified atom stereocenters. The summed E-state index contributed by atoms with van der Waals surface area (Å²) < 4.78 is 0. The van der Waals surface area contributed by atoms with Gasteiger partial charge in [0.1, 0.15) is 0 Å². The van der Waals surface area contributed by atoms with E-state index in [0.717, 1.165) is 32.4 Å². The van der Waals surface area contributed by atoms with Crippen LogP contribution in [0.4, 0.5) is 11.9 Å². The van der Waals surface area contributed by atoms with Crippen LogP contribution in [0.3, 0.4) is 0 Å². The Balaban J connectivity index is 2.42. The van der Waals surface area contributed by atoms with Gasteiger partial charge < -0.3 is 15.7 Å². The third-order valence-electron chi connectivity index (χ3n) is 2.61. The zero-order valence-corrected chi connectivity index (χ0v) is 12.2. The SMILES string of the molecule is CCCNc1nc(Cl)nc(NCCCC(C)CO)n1. The molecule has 0 saturated carbocycles. The minimum absolute atomic E-state index is 0.180. The lowest BCUT2D eigenvalue weighted by atomic mass is 10.1. The van der Waals surface area contributed by atoms with Crippen molar-refractivity contribution in [2.24, 2.45) is 5.92 Å². The van der Waals surface area contributed by atoms with E-state index < -0.39 is 0 Å². The molecule has 1 aromatic rings. The summed E-state index contributed by atoms with van der Waals surface area (Å²) >= 11 is 5.84. The van der Waals surface area contributed by atoms with Crippen LogP contribution in [0.1, 0.15) is 33.1 Å². The molecule has 0 aliphatic heterocycles. The summed E-state index contributed by atoms with van der Waals surface area (Å²) in [6.45, 7) is 5.86. The molecular weight excluding hydrogens is 266 g/mol. The minimum atomic E-state index is 0.180. The Labute approximate surface area is 119 Å². The second kappa shape index (κ2) is 8.87. The van der Waals surface area contributed by atoms with Crippen molar-refractivity contribution in [3.05, 3.63) is 5.28 Å². The summed E-state index contributed by atoms with van der Waals surface area (Å²) in [5.41, 5.74) is 0. The van der Waals surface area contributed by atoms with Gasteiger partial charge in [-0.25, -0.2) is 0 Å². The first-order valence-corrected chi connectivity index (χ1v) is 7.03. The number of halogens is 1. The lowest BCUT2D eigenvalue weighted by Gasteiger charge is -2.09. The van der Waals surface area contributed by atoms with E-state index in [9.17, 15) is 0 Å². The average Bonchev–Trinajstić information content (AvgIpc) is 2.40. The van der Waals surface area contributed by atoms with E-state index in [4.69, 9.17) is 16.7 Å². The van der Waals surface area contributed by atoms with Crippen molar-refractivity contribution < 1.29 is 5.11 Å². The average molecular weight is 288 g/mol. The molecule has 0 spiro atoms. The topological polar surface area (TPSA) is 83.0 Å². The molecule has 1 aromatic heterocycles. The number of rotatable bonds is 9. The van der Waals surface area contributed by atoms with Gasteiger partial charge in [-0.2, -0.15) is 15.0 Å². The van der Waals surface area contributed by atoms with Crippen LogP contribution in [0, 0.1) is 5.92 Å². The predicted octanol–water partition coefficient (Wildman–Crippen LogP) is 2.17. The van der Waals surface area contributed by atoms with Gasteiger partial charge in [0, 0.05) is 19.7 Å². The molecule has 0 aliphatic carbocycles. The van der Waals surface area contributed by atoms with E-state index in [2.05, 4.69) is 32.5 Å². The predicted molar refractivity (Wildman–Crippen MR) is 77.6 cm³/mol. The van der Waals surface area contributed by atoms with Crippen molar-refractivity contribution >= 4 is 23.5 Å². The Hall–Kier alpha value is -1.14. The van der Waals surface area contributed by atoms with Gasteiger partial charge >= 0.3 is 0 Å². The van der Waals surface area contributed by atoms with Crippen LogP contribution < -0.4 is 10.6 Å². The highest BCUT2D eigenvalue weighted by Crippen LogP contribution is 2.10. The molecular formula is C12H22ClN5O. The van der Waals surface area contributed by atoms with Crippen molar-refractivity contribution in [3.8, 4) is 0 Å². The summed E-state index contributed by atoms with van der Waals surface area (Å²) in [5, 5.41) is 15.3. The molecule has 108 valence electrons. The smallest absolute Gasteiger partial charge is 0.228 e. The van der Waals surface area contributed by atoms with E-state index in [1.807, 2.05) is 6.92 Å². The number of aliphatic hydroxyl groups is 1. The third kappa shape index (κ3) is 6.54. The Kier molecular flexibility index (Phi) is 7.43. The first kappa shape index (κ1) is 15.9. The maximum atomic E-state index is 8.93. The molecule has 1 heterocycles. The molecule has 0 bridgehead atoms. The van der Waals surface area contributed by atoms with Gasteiger partial charge in [-0.3, -0.25) is 0 Å². The lowest BCUT2D eigenvalue weighted by Crippen LogP contribution is -2.11. The lowest BCUT2D eigenvalue weighted by molar-refractivity contribution is 0.229. The van der Waals surface area contributed by atoms with Gasteiger partial charge in [0.15, 0.2) is 0 Å². The summed E-state index contributed by atoms with van der Waals surface area (Å²) in [5.74, 6) is 1.30. The van der Waals surface area contributed by atoms with Gasteiger partial charge in [0.05, 0.1) is 0 Å². The van der Waals surface area contributed by atoms with Gasteiger partial charge in [-0.05, 0) is 36.8 Å². The van der Waals surface area contributed by atoms with Crippen LogP contribution in [0.5, 0.6) is 0 Å². The van der Waals surface area contributed by atoms with Crippen molar-refractivity contribution in [2.45, 2.75) is 33.1 Å². The molecule has 0 saturated heterocycles. The normalized spacial score (nSPS) is 12.2. The second-order valence-corrected chi connectivity index (χ2v) is 4.87. The summed E-state index contributed by atoms with van der Waals surface area (Å²) in [6, 6.07) is 0. The molecule has 7 heteroatoms. The minimum Gasteiger partial charge on any atom is -0.396 e. The van der Waals surface area contributed by atoms with Crippen molar-refractivity contribution in [3.63, 3.8) is 0 Å². The fraction of sp³-hybridized carbons (Fsp3) is 0.750. The van der Waals surface area contributed by atoms with Gasteiger partial charge in [-0.1, -0.05) is 13.8 Å². The number of nitrogens with zero attached hydrogens (tertiary/aromatic N) is 3. The Bertz CT molecular complexity index is 377. The highest BCUT2D eigenvalue weighted by molar-refractivity contribution is 6.28. The fourth-order valence-electron chi connectivity index (χ4n) is 1.49. The van der Waals surface area contributed by atoms with Crippen LogP contribution in [0.2, 0.25) is 5.28 Å². The summed E-state index contributed by atoms with van der Waals surface area (Å²) in [7, 11) is 0. The first-order chi connectivity index (χ1) is 9.15. The Morgan fingerprint density at radius 2 is 1.79 bits per heavy atom. The van der Waals surface area contributed by atoms with Crippen LogP contribution >= 0.6 is 11.6 Å². The van der Waals surface area contributed by atoms with Gasteiger partial charge in [0.2, 0.25) is 17.2 Å². The van der Waals surface area contributed by atoms with Crippen molar-refractivity contribution in [2.75, 3.05) is 30.3 Å². The quantitative estimate of drug-likeness (QED) is 0.604. The van der Waals surface area contributed by atoms with Crippen LogP contribution in [0.15, 0.2) is 0 Å². The maximum absolute atomic E-state index is 8.93. The Morgan fingerprint density at radius 3 is 2.37 bits per heavy atom. The van der Waals surface area contributed by atoms with E-state index in [1.165, 1.54) is 0 Å². The third-order valence-corrected chi connectivity index (χ3v) is 2.78. The van der Waals surface area contributed by atoms with Crippen molar-refractivity contribution in [1.82, 2.24) is 15.0 Å². The van der Waals surface area contributed by atoms with Crippen LogP contribution in [0.25, 0.3) is 0 Å². The molecule has 6 nitrogen and oxygen atoms in total. The molecule has 1 atom stereocenters. The first-order valence-electron chi connectivity index (χ1n) is 6.65. The molecule has 0 aliphatic rings. The number of aromatic nitrogens is 3. The van der Waals surface area contributed by atoms with Gasteiger partial charge in [-0.15, -0.1) is 0 Å². The number of aliphatic hydroxyl groups excluding tert-OH is 1. The zero-order valence-electron chi connectivity index (χ0n) is 11.5. The van der Waals surface area contributed by atoms with E-state index in [-0.39, 0.29) is 11.9 Å². The monoisotopic (exact) mass is 287 g/mol. The molecule has 0 amide bonds. The molecule has 3 N–H and O–H groups in total. The molecule has 0 fully saturated rings. The van der Waals surface area contributed by atoms with E-state index in [1.54, 1.807) is 0 Å². The fourth-order valence-corrected chi connectivity index (χ4v) is 1.65. The highest BCUT2D eigenvalue weighted by Gasteiger charge is 2.04. The molecule has 1 rings (SSSR count). The largest absolute Gasteiger partial charge is 0.396 e. The van der Waals surface area contributed by atoms with Crippen molar-refractivity contribution in [1.29, 1.82) is 0 Å². The number of hydrogen-bond donors (Lipinski definition) is 3. The van der Waals surface area contributed by atoms with E-state index >= 15 is 0 Å². The Morgan fingerprint density at radius 1 is 1.16 bits per heavy atom. The second-order valence-electron chi connectivity index (χ2n) is 4.54. The molecule has 19 heavy (non-hydrogen) atoms. The van der Waals surface area contributed by atoms with E-state index in [0.29, 0.717) is 17.8 Å². The van der Waals surface area contributed by atoms with Gasteiger partial charge in [0.25, 0.3) is 0 Å². The number of nitrogens with one attached hydrogen (secondary N) is 2. The summed E-state index contributed by atoms with van der Waals surface area (Å²) in [4.78, 5) is 12.3. The highest BCUT2D eigenvalue weighted by atomic mass is 35.5. The number of anilines is 2.